The molecule has 0 saturated heterocycles. The van der Waals surface area contributed by atoms with Crippen molar-refractivity contribution in [2.45, 2.75) is 51.0 Å². The Balaban J connectivity index is 1.65. The van der Waals surface area contributed by atoms with Gasteiger partial charge in [0, 0.05) is 19.5 Å². The van der Waals surface area contributed by atoms with Crippen molar-refractivity contribution < 1.29 is 0 Å². The Bertz CT molecular complexity index is 581. The fourth-order valence-electron chi connectivity index (χ4n) is 3.68. The van der Waals surface area contributed by atoms with Crippen LogP contribution in [0.3, 0.4) is 0 Å². The van der Waals surface area contributed by atoms with Crippen LogP contribution in [0.5, 0.6) is 0 Å². The van der Waals surface area contributed by atoms with Crippen molar-refractivity contribution in [1.29, 1.82) is 0 Å². The molecule has 0 bridgehead atoms. The first-order valence-electron chi connectivity index (χ1n) is 8.35. The van der Waals surface area contributed by atoms with Gasteiger partial charge in [0.05, 0.1) is 11.0 Å². The van der Waals surface area contributed by atoms with Crippen LogP contribution >= 0.6 is 0 Å². The lowest BCUT2D eigenvalue weighted by Crippen LogP contribution is -2.29. The predicted octanol–water partition coefficient (Wildman–Crippen LogP) is 3.67. The van der Waals surface area contributed by atoms with Gasteiger partial charge in [-0.05, 0) is 37.9 Å². The summed E-state index contributed by atoms with van der Waals surface area (Å²) in [4.78, 5) is 4.80. The Hall–Kier alpha value is -1.35. The van der Waals surface area contributed by atoms with Crippen molar-refractivity contribution in [3.8, 4) is 0 Å². The molecule has 3 rings (SSSR count). The minimum atomic E-state index is 0.543. The number of rotatable bonds is 6. The molecule has 1 fully saturated rings. The van der Waals surface area contributed by atoms with Crippen LogP contribution in [-0.2, 0) is 13.5 Å². The summed E-state index contributed by atoms with van der Waals surface area (Å²) in [6, 6.07) is 8.95. The summed E-state index contributed by atoms with van der Waals surface area (Å²) in [7, 11) is 4.22. The number of nitrogens with zero attached hydrogens (tertiary/aromatic N) is 2. The highest BCUT2D eigenvalue weighted by Crippen LogP contribution is 2.29. The molecule has 0 spiro atoms. The molecule has 1 aromatic heterocycles. The largest absolute Gasteiger partial charge is 0.331 e. The molecule has 114 valence electrons. The van der Waals surface area contributed by atoms with Crippen molar-refractivity contribution in [3.63, 3.8) is 0 Å². The number of benzene rings is 1. The SMILES string of the molecule is CNC(CCC1CCCC1)Cc1nc2ccccc2n1C. The fourth-order valence-corrected chi connectivity index (χ4v) is 3.68. The summed E-state index contributed by atoms with van der Waals surface area (Å²) in [6.45, 7) is 0. The van der Waals surface area contributed by atoms with Crippen LogP contribution in [0.4, 0.5) is 0 Å². The van der Waals surface area contributed by atoms with Gasteiger partial charge in [0.25, 0.3) is 0 Å². The van der Waals surface area contributed by atoms with E-state index in [0.717, 1.165) is 17.9 Å². The highest BCUT2D eigenvalue weighted by atomic mass is 15.1. The smallest absolute Gasteiger partial charge is 0.111 e. The highest BCUT2D eigenvalue weighted by Gasteiger charge is 2.18. The first-order chi connectivity index (χ1) is 10.3. The Morgan fingerprint density at radius 2 is 2.05 bits per heavy atom. The van der Waals surface area contributed by atoms with E-state index in [0.29, 0.717) is 6.04 Å². The van der Waals surface area contributed by atoms with Crippen molar-refractivity contribution >= 4 is 11.0 Å². The Morgan fingerprint density at radius 3 is 2.76 bits per heavy atom. The van der Waals surface area contributed by atoms with Crippen molar-refractivity contribution in [1.82, 2.24) is 14.9 Å². The summed E-state index contributed by atoms with van der Waals surface area (Å²) < 4.78 is 2.25. The molecule has 3 nitrogen and oxygen atoms in total. The summed E-state index contributed by atoms with van der Waals surface area (Å²) >= 11 is 0. The standard InChI is InChI=1S/C18H27N3/c1-19-15(12-11-14-7-3-4-8-14)13-18-20-16-9-5-6-10-17(16)21(18)2/h5-6,9-10,14-15,19H,3-4,7-8,11-13H2,1-2H3. The zero-order valence-electron chi connectivity index (χ0n) is 13.3. The zero-order valence-corrected chi connectivity index (χ0v) is 13.3. The number of aryl methyl sites for hydroxylation is 1. The Kier molecular flexibility index (Phi) is 4.59. The third kappa shape index (κ3) is 3.29. The lowest BCUT2D eigenvalue weighted by molar-refractivity contribution is 0.413. The minimum Gasteiger partial charge on any atom is -0.331 e. The highest BCUT2D eigenvalue weighted by molar-refractivity contribution is 5.75. The lowest BCUT2D eigenvalue weighted by Gasteiger charge is -2.18. The van der Waals surface area contributed by atoms with E-state index < -0.39 is 0 Å². The van der Waals surface area contributed by atoms with Gasteiger partial charge in [0.15, 0.2) is 0 Å². The van der Waals surface area contributed by atoms with Crippen LogP contribution in [0.25, 0.3) is 11.0 Å². The molecule has 1 aliphatic carbocycles. The van der Waals surface area contributed by atoms with Gasteiger partial charge < -0.3 is 9.88 Å². The van der Waals surface area contributed by atoms with Gasteiger partial charge in [-0.3, -0.25) is 0 Å². The van der Waals surface area contributed by atoms with E-state index in [1.807, 2.05) is 0 Å². The molecular weight excluding hydrogens is 258 g/mol. The van der Waals surface area contributed by atoms with E-state index in [1.54, 1.807) is 0 Å². The van der Waals surface area contributed by atoms with Crippen molar-refractivity contribution in [3.05, 3.63) is 30.1 Å². The molecule has 0 aliphatic heterocycles. The van der Waals surface area contributed by atoms with Crippen LogP contribution in [-0.4, -0.2) is 22.6 Å². The molecule has 1 heterocycles. The maximum atomic E-state index is 4.80. The maximum Gasteiger partial charge on any atom is 0.111 e. The van der Waals surface area contributed by atoms with Gasteiger partial charge in [0.1, 0.15) is 5.82 Å². The fraction of sp³-hybridized carbons (Fsp3) is 0.611. The van der Waals surface area contributed by atoms with Gasteiger partial charge in [-0.25, -0.2) is 4.98 Å². The van der Waals surface area contributed by atoms with Gasteiger partial charge in [-0.2, -0.15) is 0 Å². The number of hydrogen-bond acceptors (Lipinski definition) is 2. The van der Waals surface area contributed by atoms with Gasteiger partial charge >= 0.3 is 0 Å². The van der Waals surface area contributed by atoms with E-state index in [4.69, 9.17) is 4.98 Å². The molecule has 1 atom stereocenters. The molecule has 3 heteroatoms. The number of fused-ring (bicyclic) bond motifs is 1. The maximum absolute atomic E-state index is 4.80. The second-order valence-corrected chi connectivity index (χ2v) is 6.49. The molecule has 0 amide bonds. The lowest BCUT2D eigenvalue weighted by atomic mass is 9.97. The van der Waals surface area contributed by atoms with Crippen LogP contribution in [0.2, 0.25) is 0 Å². The number of aromatic nitrogens is 2. The van der Waals surface area contributed by atoms with Crippen molar-refractivity contribution in [2.24, 2.45) is 13.0 Å². The second-order valence-electron chi connectivity index (χ2n) is 6.49. The third-order valence-electron chi connectivity index (χ3n) is 5.12. The molecule has 1 unspecified atom stereocenters. The summed E-state index contributed by atoms with van der Waals surface area (Å²) in [5, 5.41) is 3.49. The second kappa shape index (κ2) is 6.61. The summed E-state index contributed by atoms with van der Waals surface area (Å²) in [5.74, 6) is 2.17. The molecule has 1 N–H and O–H groups in total. The van der Waals surface area contributed by atoms with E-state index >= 15 is 0 Å². The number of likely N-dealkylation sites (N-methyl/N-ethyl adjacent to an activating group) is 1. The van der Waals surface area contributed by atoms with E-state index in [-0.39, 0.29) is 0 Å². The van der Waals surface area contributed by atoms with Crippen LogP contribution < -0.4 is 5.32 Å². The first-order valence-corrected chi connectivity index (χ1v) is 8.35. The van der Waals surface area contributed by atoms with Crippen LogP contribution in [0.1, 0.15) is 44.3 Å². The molecule has 1 saturated carbocycles. The molecule has 21 heavy (non-hydrogen) atoms. The normalized spacial score (nSPS) is 17.6. The first kappa shape index (κ1) is 14.6. The number of hydrogen-bond donors (Lipinski definition) is 1. The monoisotopic (exact) mass is 285 g/mol. The van der Waals surface area contributed by atoms with Gasteiger partial charge in [-0.1, -0.05) is 37.8 Å². The Morgan fingerprint density at radius 1 is 1.29 bits per heavy atom. The topological polar surface area (TPSA) is 29.9 Å². The van der Waals surface area contributed by atoms with Gasteiger partial charge in [0.2, 0.25) is 0 Å². The number of nitrogens with one attached hydrogen (secondary N) is 1. The molecule has 1 aliphatic rings. The van der Waals surface area contributed by atoms with E-state index in [1.165, 1.54) is 49.9 Å². The third-order valence-corrected chi connectivity index (χ3v) is 5.12. The molecule has 2 aromatic rings. The van der Waals surface area contributed by atoms with Crippen LogP contribution in [0.15, 0.2) is 24.3 Å². The Labute approximate surface area is 127 Å². The average molecular weight is 285 g/mol. The molecular formula is C18H27N3. The molecule has 0 radical (unpaired) electrons. The predicted molar refractivity (Wildman–Crippen MR) is 88.5 cm³/mol. The quantitative estimate of drug-likeness (QED) is 0.877. The van der Waals surface area contributed by atoms with E-state index in [2.05, 4.69) is 48.2 Å². The van der Waals surface area contributed by atoms with Crippen LogP contribution in [0, 0.1) is 5.92 Å². The minimum absolute atomic E-state index is 0.543. The molecule has 1 aromatic carbocycles. The average Bonchev–Trinajstić information content (AvgIpc) is 3.13. The summed E-state index contributed by atoms with van der Waals surface area (Å²) in [5.41, 5.74) is 2.35. The number of para-hydroxylation sites is 2. The zero-order chi connectivity index (χ0) is 14.7. The van der Waals surface area contributed by atoms with Gasteiger partial charge in [-0.15, -0.1) is 0 Å². The van der Waals surface area contributed by atoms with Crippen molar-refractivity contribution in [2.75, 3.05) is 7.05 Å². The van der Waals surface area contributed by atoms with E-state index in [9.17, 15) is 0 Å². The number of imidazole rings is 1. The summed E-state index contributed by atoms with van der Waals surface area (Å²) in [6.07, 6.45) is 9.44.